The van der Waals surface area contributed by atoms with Gasteiger partial charge in [-0.25, -0.2) is 15.0 Å². The van der Waals surface area contributed by atoms with Gasteiger partial charge in [-0.2, -0.15) is 0 Å². The van der Waals surface area contributed by atoms with Gasteiger partial charge in [0.2, 0.25) is 5.88 Å². The molecule has 0 aromatic carbocycles. The number of pyridine rings is 1. The van der Waals surface area contributed by atoms with Gasteiger partial charge < -0.3 is 14.8 Å². The first-order chi connectivity index (χ1) is 9.69. The van der Waals surface area contributed by atoms with E-state index in [0.717, 1.165) is 10.2 Å². The zero-order chi connectivity index (χ0) is 14.5. The Labute approximate surface area is 125 Å². The topological polar surface area (TPSA) is 69.2 Å². The van der Waals surface area contributed by atoms with Crippen molar-refractivity contribution in [2.24, 2.45) is 0 Å². The fourth-order valence-electron chi connectivity index (χ4n) is 1.66. The van der Waals surface area contributed by atoms with Gasteiger partial charge in [0.15, 0.2) is 5.82 Å². The molecular weight excluding hydrogens is 324 g/mol. The summed E-state index contributed by atoms with van der Waals surface area (Å²) in [4.78, 5) is 13.2. The molecule has 2 aromatic heterocycles. The average Bonchev–Trinajstić information content (AvgIpc) is 2.49. The molecular formula is C13H15BrN4O2. The van der Waals surface area contributed by atoms with Gasteiger partial charge in [0, 0.05) is 20.2 Å². The highest BCUT2D eigenvalue weighted by atomic mass is 79.9. The van der Waals surface area contributed by atoms with Gasteiger partial charge in [0.05, 0.1) is 23.9 Å². The van der Waals surface area contributed by atoms with Crippen LogP contribution in [-0.2, 0) is 11.3 Å². The Hall–Kier alpha value is -1.73. The maximum Gasteiger partial charge on any atom is 0.213 e. The SMILES string of the molecule is CNc1nc(-c2cccc(OC)n2)nc(COC)c1Br. The van der Waals surface area contributed by atoms with E-state index in [-0.39, 0.29) is 0 Å². The van der Waals surface area contributed by atoms with Crippen LogP contribution in [0.4, 0.5) is 5.82 Å². The van der Waals surface area contributed by atoms with Crippen molar-refractivity contribution in [3.63, 3.8) is 0 Å². The molecule has 0 unspecified atom stereocenters. The van der Waals surface area contributed by atoms with Crippen molar-refractivity contribution in [3.8, 4) is 17.4 Å². The molecule has 0 radical (unpaired) electrons. The average molecular weight is 339 g/mol. The highest BCUT2D eigenvalue weighted by Crippen LogP contribution is 2.27. The maximum atomic E-state index is 5.15. The molecule has 106 valence electrons. The number of methoxy groups -OCH3 is 2. The highest BCUT2D eigenvalue weighted by Gasteiger charge is 2.13. The quantitative estimate of drug-likeness (QED) is 0.903. The second-order valence-corrected chi connectivity index (χ2v) is 4.70. The molecule has 20 heavy (non-hydrogen) atoms. The van der Waals surface area contributed by atoms with Gasteiger partial charge in [0.25, 0.3) is 0 Å². The van der Waals surface area contributed by atoms with Gasteiger partial charge in [-0.05, 0) is 22.0 Å². The molecule has 0 aliphatic heterocycles. The van der Waals surface area contributed by atoms with Crippen molar-refractivity contribution < 1.29 is 9.47 Å². The van der Waals surface area contributed by atoms with E-state index in [4.69, 9.17) is 9.47 Å². The third-order valence-electron chi connectivity index (χ3n) is 2.60. The Morgan fingerprint density at radius 2 is 2.00 bits per heavy atom. The molecule has 7 heteroatoms. The van der Waals surface area contributed by atoms with Gasteiger partial charge in [0.1, 0.15) is 11.5 Å². The lowest BCUT2D eigenvalue weighted by atomic mass is 10.3. The van der Waals surface area contributed by atoms with Gasteiger partial charge >= 0.3 is 0 Å². The van der Waals surface area contributed by atoms with Crippen LogP contribution in [0.1, 0.15) is 5.69 Å². The van der Waals surface area contributed by atoms with E-state index < -0.39 is 0 Å². The number of nitrogens with zero attached hydrogens (tertiary/aromatic N) is 3. The Morgan fingerprint density at radius 1 is 1.20 bits per heavy atom. The molecule has 0 saturated heterocycles. The van der Waals surface area contributed by atoms with Crippen LogP contribution in [0.15, 0.2) is 22.7 Å². The lowest BCUT2D eigenvalue weighted by Crippen LogP contribution is -2.05. The van der Waals surface area contributed by atoms with Crippen LogP contribution >= 0.6 is 15.9 Å². The van der Waals surface area contributed by atoms with Crippen molar-refractivity contribution in [1.82, 2.24) is 15.0 Å². The second kappa shape index (κ2) is 6.62. The maximum absolute atomic E-state index is 5.15. The molecule has 2 heterocycles. The number of ether oxygens (including phenoxy) is 2. The molecule has 0 saturated carbocycles. The largest absolute Gasteiger partial charge is 0.481 e. The van der Waals surface area contributed by atoms with Crippen molar-refractivity contribution in [1.29, 1.82) is 0 Å². The summed E-state index contributed by atoms with van der Waals surface area (Å²) in [6.07, 6.45) is 0. The Kier molecular flexibility index (Phi) is 4.86. The molecule has 1 N–H and O–H groups in total. The van der Waals surface area contributed by atoms with E-state index in [2.05, 4.69) is 36.2 Å². The second-order valence-electron chi connectivity index (χ2n) is 3.90. The number of hydrogen-bond acceptors (Lipinski definition) is 6. The van der Waals surface area contributed by atoms with E-state index in [1.807, 2.05) is 12.1 Å². The van der Waals surface area contributed by atoms with E-state index in [9.17, 15) is 0 Å². The van der Waals surface area contributed by atoms with Crippen LogP contribution in [0, 0.1) is 0 Å². The van der Waals surface area contributed by atoms with Crippen LogP contribution in [0.25, 0.3) is 11.5 Å². The van der Waals surface area contributed by atoms with E-state index in [1.165, 1.54) is 0 Å². The highest BCUT2D eigenvalue weighted by molar-refractivity contribution is 9.10. The van der Waals surface area contributed by atoms with Gasteiger partial charge in [-0.1, -0.05) is 6.07 Å². The number of anilines is 1. The molecule has 0 aliphatic rings. The molecule has 0 aliphatic carbocycles. The zero-order valence-corrected chi connectivity index (χ0v) is 13.1. The summed E-state index contributed by atoms with van der Waals surface area (Å²) >= 11 is 3.46. The van der Waals surface area contributed by atoms with Crippen LogP contribution < -0.4 is 10.1 Å². The van der Waals surface area contributed by atoms with Crippen LogP contribution in [0.5, 0.6) is 5.88 Å². The molecule has 0 spiro atoms. The fourth-order valence-corrected chi connectivity index (χ4v) is 2.15. The van der Waals surface area contributed by atoms with Crippen LogP contribution in [0.3, 0.4) is 0 Å². The molecule has 2 aromatic rings. The normalized spacial score (nSPS) is 10.4. The molecule has 0 amide bonds. The van der Waals surface area contributed by atoms with E-state index in [1.54, 1.807) is 27.3 Å². The Balaban J connectivity index is 2.52. The third-order valence-corrected chi connectivity index (χ3v) is 3.43. The summed E-state index contributed by atoms with van der Waals surface area (Å²) < 4.78 is 11.1. The van der Waals surface area contributed by atoms with Crippen LogP contribution in [-0.4, -0.2) is 36.2 Å². The summed E-state index contributed by atoms with van der Waals surface area (Å²) in [6.45, 7) is 0.384. The van der Waals surface area contributed by atoms with Crippen molar-refractivity contribution in [2.75, 3.05) is 26.6 Å². The fraction of sp³-hybridized carbons (Fsp3) is 0.308. The number of halogens is 1. The van der Waals surface area contributed by atoms with Gasteiger partial charge in [-0.3, -0.25) is 0 Å². The first-order valence-electron chi connectivity index (χ1n) is 5.94. The first-order valence-corrected chi connectivity index (χ1v) is 6.73. The Bertz CT molecular complexity index is 607. The minimum absolute atomic E-state index is 0.384. The first kappa shape index (κ1) is 14.7. The van der Waals surface area contributed by atoms with Gasteiger partial charge in [-0.15, -0.1) is 0 Å². The molecule has 6 nitrogen and oxygen atoms in total. The molecule has 0 fully saturated rings. The minimum Gasteiger partial charge on any atom is -0.481 e. The standard InChI is InChI=1S/C13H15BrN4O2/c1-15-13-11(14)9(7-19-2)17-12(18-13)8-5-4-6-10(16-8)20-3/h4-6H,7H2,1-3H3,(H,15,17,18). The number of rotatable bonds is 5. The molecule has 2 rings (SSSR count). The van der Waals surface area contributed by atoms with Crippen molar-refractivity contribution in [3.05, 3.63) is 28.4 Å². The summed E-state index contributed by atoms with van der Waals surface area (Å²) in [5, 5.41) is 3.02. The predicted molar refractivity (Wildman–Crippen MR) is 79.8 cm³/mol. The lowest BCUT2D eigenvalue weighted by molar-refractivity contribution is 0.181. The zero-order valence-electron chi connectivity index (χ0n) is 11.5. The predicted octanol–water partition coefficient (Wildman–Crippen LogP) is 2.50. The lowest BCUT2D eigenvalue weighted by Gasteiger charge is -2.10. The minimum atomic E-state index is 0.384. The number of nitrogens with one attached hydrogen (secondary N) is 1. The summed E-state index contributed by atoms with van der Waals surface area (Å²) in [6, 6.07) is 5.46. The third kappa shape index (κ3) is 3.05. The van der Waals surface area contributed by atoms with Crippen molar-refractivity contribution >= 4 is 21.7 Å². The monoisotopic (exact) mass is 338 g/mol. The number of hydrogen-bond donors (Lipinski definition) is 1. The summed E-state index contributed by atoms with van der Waals surface area (Å²) in [7, 11) is 4.99. The number of aromatic nitrogens is 3. The van der Waals surface area contributed by atoms with Crippen molar-refractivity contribution in [2.45, 2.75) is 6.61 Å². The molecule has 0 bridgehead atoms. The summed E-state index contributed by atoms with van der Waals surface area (Å²) in [5.74, 6) is 1.73. The van der Waals surface area contributed by atoms with Crippen LogP contribution in [0.2, 0.25) is 0 Å². The smallest absolute Gasteiger partial charge is 0.213 e. The molecule has 0 atom stereocenters. The van der Waals surface area contributed by atoms with E-state index in [0.29, 0.717) is 29.8 Å². The van der Waals surface area contributed by atoms with E-state index >= 15 is 0 Å². The summed E-state index contributed by atoms with van der Waals surface area (Å²) in [5.41, 5.74) is 1.40. The Morgan fingerprint density at radius 3 is 2.65 bits per heavy atom.